The van der Waals surface area contributed by atoms with Crippen molar-refractivity contribution >= 4 is 23.3 Å². The lowest BCUT2D eigenvalue weighted by atomic mass is 9.81. The summed E-state index contributed by atoms with van der Waals surface area (Å²) < 4.78 is 18.6. The number of imide groups is 1. The quantitative estimate of drug-likeness (QED) is 0.575. The highest BCUT2D eigenvalue weighted by Gasteiger charge is 2.61. The molecule has 2 amide bonds. The van der Waals surface area contributed by atoms with Crippen LogP contribution in [0.4, 0.5) is 10.1 Å². The fraction of sp³-hybridized carbons (Fsp3) is 0.348. The molecular formula is C23H20FNO4. The first-order chi connectivity index (χ1) is 14.0. The van der Waals surface area contributed by atoms with Crippen LogP contribution < -0.4 is 9.64 Å². The van der Waals surface area contributed by atoms with Crippen LogP contribution in [-0.2, 0) is 9.59 Å². The molecule has 6 heteroatoms. The van der Waals surface area contributed by atoms with E-state index in [0.717, 1.165) is 19.3 Å². The minimum atomic E-state index is -0.409. The maximum Gasteiger partial charge on any atom is 0.237 e. The van der Waals surface area contributed by atoms with E-state index in [1.807, 2.05) is 0 Å². The SMILES string of the molecule is O=C(COc1cccc(N2C(=O)[C@H]3[C@@H]4CC[C@H](C4)[C@@H]3C2=O)c1)c1ccc(F)cc1. The maximum atomic E-state index is 13.0. The van der Waals surface area contributed by atoms with E-state index >= 15 is 0 Å². The number of hydrogen-bond acceptors (Lipinski definition) is 4. The number of halogens is 1. The highest BCUT2D eigenvalue weighted by Crippen LogP contribution is 2.56. The van der Waals surface area contributed by atoms with Gasteiger partial charge in [-0.3, -0.25) is 14.4 Å². The van der Waals surface area contributed by atoms with Gasteiger partial charge in [0.25, 0.3) is 0 Å². The molecule has 3 aliphatic rings. The topological polar surface area (TPSA) is 63.7 Å². The Morgan fingerprint density at radius 2 is 1.66 bits per heavy atom. The minimum Gasteiger partial charge on any atom is -0.485 e. The van der Waals surface area contributed by atoms with Crippen molar-refractivity contribution in [1.29, 1.82) is 0 Å². The normalized spacial score (nSPS) is 27.4. The zero-order valence-electron chi connectivity index (χ0n) is 15.7. The molecule has 2 aromatic rings. The molecule has 2 bridgehead atoms. The molecule has 2 aromatic carbocycles. The van der Waals surface area contributed by atoms with Gasteiger partial charge in [0.1, 0.15) is 11.6 Å². The molecule has 4 atom stereocenters. The third kappa shape index (κ3) is 2.94. The Morgan fingerprint density at radius 3 is 2.31 bits per heavy atom. The molecule has 2 saturated carbocycles. The van der Waals surface area contributed by atoms with E-state index in [0.29, 0.717) is 28.8 Å². The lowest BCUT2D eigenvalue weighted by molar-refractivity contribution is -0.123. The Hall–Kier alpha value is -3.02. The number of benzene rings is 2. The van der Waals surface area contributed by atoms with E-state index < -0.39 is 5.82 Å². The van der Waals surface area contributed by atoms with Crippen LogP contribution >= 0.6 is 0 Å². The van der Waals surface area contributed by atoms with Gasteiger partial charge in [0.15, 0.2) is 12.4 Å². The van der Waals surface area contributed by atoms with Crippen LogP contribution in [-0.4, -0.2) is 24.2 Å². The molecule has 2 aliphatic carbocycles. The highest BCUT2D eigenvalue weighted by molar-refractivity contribution is 6.22. The van der Waals surface area contributed by atoms with E-state index in [2.05, 4.69) is 0 Å². The van der Waals surface area contributed by atoms with Gasteiger partial charge in [-0.1, -0.05) is 6.07 Å². The molecule has 0 aromatic heterocycles. The van der Waals surface area contributed by atoms with Crippen molar-refractivity contribution in [1.82, 2.24) is 0 Å². The van der Waals surface area contributed by atoms with Gasteiger partial charge in [0.2, 0.25) is 11.8 Å². The number of amides is 2. The molecule has 29 heavy (non-hydrogen) atoms. The summed E-state index contributed by atoms with van der Waals surface area (Å²) in [6, 6.07) is 12.0. The standard InChI is InChI=1S/C23H20FNO4/c24-16-8-6-13(7-9-16)19(26)12-29-18-3-1-2-17(11-18)25-22(27)20-14-4-5-15(10-14)21(20)23(25)28/h1-3,6-9,11,14-15,20-21H,4-5,10,12H2/t14-,15-,20+,21+/m1/s1. The summed E-state index contributed by atoms with van der Waals surface area (Å²) in [5, 5.41) is 0. The zero-order chi connectivity index (χ0) is 20.1. The van der Waals surface area contributed by atoms with Crippen molar-refractivity contribution in [2.45, 2.75) is 19.3 Å². The van der Waals surface area contributed by atoms with Gasteiger partial charge in [0.05, 0.1) is 17.5 Å². The Kier molecular flexibility index (Phi) is 4.23. The van der Waals surface area contributed by atoms with Gasteiger partial charge in [-0.25, -0.2) is 9.29 Å². The Balaban J connectivity index is 1.31. The van der Waals surface area contributed by atoms with Crippen molar-refractivity contribution in [2.75, 3.05) is 11.5 Å². The fourth-order valence-corrected chi connectivity index (χ4v) is 5.24. The lowest BCUT2D eigenvalue weighted by Crippen LogP contribution is -2.32. The van der Waals surface area contributed by atoms with Gasteiger partial charge < -0.3 is 4.74 Å². The van der Waals surface area contributed by atoms with Crippen LogP contribution in [0.5, 0.6) is 5.75 Å². The molecule has 5 nitrogen and oxygen atoms in total. The van der Waals surface area contributed by atoms with Crippen molar-refractivity contribution in [2.24, 2.45) is 23.7 Å². The van der Waals surface area contributed by atoms with Crippen LogP contribution in [0.3, 0.4) is 0 Å². The number of Topliss-reactive ketones (excluding diaryl/α,β-unsaturated/α-hetero) is 1. The van der Waals surface area contributed by atoms with Crippen LogP contribution in [0.15, 0.2) is 48.5 Å². The van der Waals surface area contributed by atoms with E-state index in [1.54, 1.807) is 24.3 Å². The second kappa shape index (κ2) is 6.79. The first kappa shape index (κ1) is 18.0. The summed E-state index contributed by atoms with van der Waals surface area (Å²) >= 11 is 0. The number of anilines is 1. The third-order valence-corrected chi connectivity index (χ3v) is 6.54. The largest absolute Gasteiger partial charge is 0.485 e. The molecule has 5 rings (SSSR count). The molecular weight excluding hydrogens is 373 g/mol. The first-order valence-corrected chi connectivity index (χ1v) is 9.92. The minimum absolute atomic E-state index is 0.105. The summed E-state index contributed by atoms with van der Waals surface area (Å²) in [5.74, 6) is -0.185. The van der Waals surface area contributed by atoms with Crippen LogP contribution in [0, 0.1) is 29.5 Å². The number of nitrogens with zero attached hydrogens (tertiary/aromatic N) is 1. The van der Waals surface area contributed by atoms with Crippen molar-refractivity contribution < 1.29 is 23.5 Å². The Bertz CT molecular complexity index is 974. The zero-order valence-corrected chi connectivity index (χ0v) is 15.7. The van der Waals surface area contributed by atoms with Crippen LogP contribution in [0.2, 0.25) is 0 Å². The molecule has 148 valence electrons. The highest BCUT2D eigenvalue weighted by atomic mass is 19.1. The first-order valence-electron chi connectivity index (χ1n) is 9.92. The number of fused-ring (bicyclic) bond motifs is 5. The van der Waals surface area contributed by atoms with Crippen LogP contribution in [0.1, 0.15) is 29.6 Å². The van der Waals surface area contributed by atoms with Gasteiger partial charge in [-0.15, -0.1) is 0 Å². The number of carbonyl (C=O) groups excluding carboxylic acids is 3. The second-order valence-corrected chi connectivity index (χ2v) is 8.11. The van der Waals surface area contributed by atoms with Gasteiger partial charge >= 0.3 is 0 Å². The van der Waals surface area contributed by atoms with Crippen molar-refractivity contribution in [3.63, 3.8) is 0 Å². The molecule has 0 unspecified atom stereocenters. The number of ketones is 1. The number of rotatable bonds is 5. The summed E-state index contributed by atoms with van der Waals surface area (Å²) in [7, 11) is 0. The lowest BCUT2D eigenvalue weighted by Gasteiger charge is -2.19. The molecule has 1 aliphatic heterocycles. The van der Waals surface area contributed by atoms with Crippen molar-refractivity contribution in [3.8, 4) is 5.75 Å². The second-order valence-electron chi connectivity index (χ2n) is 8.11. The summed E-state index contributed by atoms with van der Waals surface area (Å²) in [6.45, 7) is -0.216. The predicted octanol–water partition coefficient (Wildman–Crippen LogP) is 3.62. The summed E-state index contributed by atoms with van der Waals surface area (Å²) in [5.41, 5.74) is 0.844. The monoisotopic (exact) mass is 393 g/mol. The van der Waals surface area contributed by atoms with E-state index in [1.165, 1.54) is 29.2 Å². The van der Waals surface area contributed by atoms with Crippen molar-refractivity contribution in [3.05, 3.63) is 59.9 Å². The third-order valence-electron chi connectivity index (χ3n) is 6.54. The molecule has 1 saturated heterocycles. The number of ether oxygens (including phenoxy) is 1. The molecule has 0 radical (unpaired) electrons. The predicted molar refractivity (Wildman–Crippen MR) is 103 cm³/mol. The Morgan fingerprint density at radius 1 is 1.00 bits per heavy atom. The fourth-order valence-electron chi connectivity index (χ4n) is 5.24. The summed E-state index contributed by atoms with van der Waals surface area (Å²) in [4.78, 5) is 39.4. The smallest absolute Gasteiger partial charge is 0.237 e. The van der Waals surface area contributed by atoms with Gasteiger partial charge in [-0.05, 0) is 67.5 Å². The number of carbonyl (C=O) groups is 3. The van der Waals surface area contributed by atoms with E-state index in [4.69, 9.17) is 4.74 Å². The van der Waals surface area contributed by atoms with Gasteiger partial charge in [0, 0.05) is 11.6 Å². The van der Waals surface area contributed by atoms with E-state index in [-0.39, 0.29) is 36.0 Å². The average molecular weight is 393 g/mol. The summed E-state index contributed by atoms with van der Waals surface area (Å²) in [6.07, 6.45) is 3.07. The van der Waals surface area contributed by atoms with Crippen LogP contribution in [0.25, 0.3) is 0 Å². The average Bonchev–Trinajstić information content (AvgIpc) is 3.41. The molecule has 3 fully saturated rings. The van der Waals surface area contributed by atoms with Gasteiger partial charge in [-0.2, -0.15) is 0 Å². The molecule has 0 N–H and O–H groups in total. The molecule has 0 spiro atoms. The maximum absolute atomic E-state index is 13.0. The Labute approximate surface area is 167 Å². The van der Waals surface area contributed by atoms with E-state index in [9.17, 15) is 18.8 Å². The number of hydrogen-bond donors (Lipinski definition) is 0. The molecule has 1 heterocycles.